The van der Waals surface area contributed by atoms with Gasteiger partial charge in [0.05, 0.1) is 40.8 Å². The Kier molecular flexibility index (Phi) is 41.7. The van der Waals surface area contributed by atoms with Crippen LogP contribution in [0, 0.1) is 17.8 Å². The number of rotatable bonds is 18. The van der Waals surface area contributed by atoms with Gasteiger partial charge in [0.15, 0.2) is 5.78 Å². The Hall–Kier alpha value is -8.54. The third kappa shape index (κ3) is 33.1. The number of benzene rings is 6. The van der Waals surface area contributed by atoms with Crippen molar-refractivity contribution in [3.05, 3.63) is 203 Å². The van der Waals surface area contributed by atoms with Gasteiger partial charge in [0, 0.05) is 42.8 Å². The summed E-state index contributed by atoms with van der Waals surface area (Å²) >= 11 is 0. The van der Waals surface area contributed by atoms with Crippen LogP contribution in [0.5, 0.6) is 0 Å². The Labute approximate surface area is 641 Å². The van der Waals surface area contributed by atoms with Crippen LogP contribution in [0.2, 0.25) is 0 Å². The second-order valence-corrected chi connectivity index (χ2v) is 29.5. The van der Waals surface area contributed by atoms with Crippen LogP contribution in [0.3, 0.4) is 0 Å². The molecule has 108 heavy (non-hydrogen) atoms. The van der Waals surface area contributed by atoms with E-state index in [1.165, 1.54) is 56.4 Å². The Balaban J connectivity index is 0.000000320. The number of aryl methyl sites for hydroxylation is 1. The molecule has 0 spiro atoms. The lowest BCUT2D eigenvalue weighted by Gasteiger charge is -2.32. The summed E-state index contributed by atoms with van der Waals surface area (Å²) in [6.07, 6.45) is 16.4. The first-order valence-electron chi connectivity index (χ1n) is 38.0. The van der Waals surface area contributed by atoms with Crippen molar-refractivity contribution in [2.24, 2.45) is 63.6 Å². The first-order valence-corrected chi connectivity index (χ1v) is 38.0. The van der Waals surface area contributed by atoms with Gasteiger partial charge in [-0.05, 0) is 203 Å². The molecule has 4 aliphatic carbocycles. The number of nitrogens with one attached hydrogen (secondary N) is 1. The molecule has 18 N–H and O–H groups in total. The second-order valence-electron chi connectivity index (χ2n) is 29.5. The maximum absolute atomic E-state index is 11.6. The molecule has 11 rings (SSSR count). The summed E-state index contributed by atoms with van der Waals surface area (Å²) in [4.78, 5) is 109. The highest BCUT2D eigenvalue weighted by molar-refractivity contribution is 5.94. The van der Waals surface area contributed by atoms with Crippen LogP contribution in [0.15, 0.2) is 164 Å². The predicted octanol–water partition coefficient (Wildman–Crippen LogP) is 10.8. The molecule has 20 heteroatoms. The van der Waals surface area contributed by atoms with Gasteiger partial charge in [-0.25, -0.2) is 0 Å². The summed E-state index contributed by atoms with van der Waals surface area (Å²) in [7, 11) is 0. The quantitative estimate of drug-likeness (QED) is 0.0357. The molecule has 1 unspecified atom stereocenters. The van der Waals surface area contributed by atoms with Gasteiger partial charge in [-0.15, -0.1) is 0 Å². The molecule has 1 amide bonds. The second kappa shape index (κ2) is 48.1. The number of amides is 1. The minimum Gasteiger partial charge on any atom is -0.391 e. The zero-order valence-corrected chi connectivity index (χ0v) is 65.7. The van der Waals surface area contributed by atoms with Crippen molar-refractivity contribution in [2.45, 2.75) is 238 Å². The molecule has 4 fully saturated rings. The molecule has 6 aromatic carbocycles. The van der Waals surface area contributed by atoms with E-state index in [1.54, 1.807) is 53.7 Å². The van der Waals surface area contributed by atoms with Gasteiger partial charge in [0.2, 0.25) is 5.91 Å². The van der Waals surface area contributed by atoms with Gasteiger partial charge in [0.25, 0.3) is 0 Å². The third-order valence-corrected chi connectivity index (χ3v) is 20.9. The molecule has 20 nitrogen and oxygen atoms in total. The molecule has 588 valence electrons. The fourth-order valence-electron chi connectivity index (χ4n) is 12.9. The Morgan fingerprint density at radius 3 is 1.24 bits per heavy atom. The van der Waals surface area contributed by atoms with Gasteiger partial charge in [0.1, 0.15) is 46.3 Å². The highest BCUT2D eigenvalue weighted by Gasteiger charge is 2.36. The van der Waals surface area contributed by atoms with Crippen molar-refractivity contribution in [2.75, 3.05) is 13.1 Å². The van der Waals surface area contributed by atoms with Crippen LogP contribution in [0.4, 0.5) is 0 Å². The summed E-state index contributed by atoms with van der Waals surface area (Å²) in [5.41, 5.74) is 54.0. The van der Waals surface area contributed by atoms with Crippen LogP contribution < -0.4 is 51.2 Å². The van der Waals surface area contributed by atoms with E-state index >= 15 is 0 Å². The number of aliphatic hydroxyl groups excluding tert-OH is 1. The Morgan fingerprint density at radius 2 is 0.889 bits per heavy atom. The first-order chi connectivity index (χ1) is 51.0. The van der Waals surface area contributed by atoms with Gasteiger partial charge in [-0.2, -0.15) is 0 Å². The van der Waals surface area contributed by atoms with Gasteiger partial charge >= 0.3 is 0 Å². The highest BCUT2D eigenvalue weighted by Crippen LogP contribution is 2.32. The van der Waals surface area contributed by atoms with E-state index in [4.69, 9.17) is 51.0 Å². The molecule has 3 saturated carbocycles. The standard InChI is InChI=1S/2C16H17NO.C12H15NO.C9H17NO.C9H11NO.C8H15NO.C7H13NO.C6H9NO2.C5H11NO2/c1-12(18)16(17)15(13-8-4-2-5-9-13)14-10-6-3-7-11-14;1-12(18)16(17)11-13-7-9-15(10-8-13)14-5-3-2-4-6-14;1-9(14)12(13)7-6-10-4-2-3-5-11(10)8-12;2*1-7(11)9-4-2-8(6-10)3-5-9;1-7(10)8(9)5-3-2-4-6-8;1-6(9)7(8)4-2-3-5-7;1-4(8)5-2-6(9)7-3-5;1-3(7)5(6)4(2)8/h2-11,15-16H,17H2,1H3;2-10,16H,11,17H2,1H3;2-5H,6-8,13H2,1H3;8-9H,2-6,10H2,1H3;2-5H,6,10H2,1H3;2-6,9H2,1H3;2-5,8H2,1H3;5H,2-3H2,1H3,(H,7,9);3,5,7H,6H2,1-2H3/t2*16-;;;;;;5-;3-,5-/m10.....00/s1. The van der Waals surface area contributed by atoms with Crippen molar-refractivity contribution in [3.8, 4) is 11.1 Å². The topological polar surface area (TPSA) is 411 Å². The van der Waals surface area contributed by atoms with E-state index < -0.39 is 40.8 Å². The smallest absolute Gasteiger partial charge is 0.220 e. The number of aliphatic hydroxyl groups is 1. The van der Waals surface area contributed by atoms with E-state index in [1.807, 2.05) is 115 Å². The Morgan fingerprint density at radius 1 is 0.472 bits per heavy atom. The lowest BCUT2D eigenvalue weighted by Crippen LogP contribution is -2.51. The summed E-state index contributed by atoms with van der Waals surface area (Å²) in [6, 6.07) is 52.2. The number of ketones is 9. The molecular formula is C88H125N9O11. The predicted molar refractivity (Wildman–Crippen MR) is 432 cm³/mol. The van der Waals surface area contributed by atoms with Crippen molar-refractivity contribution < 1.29 is 53.1 Å². The highest BCUT2D eigenvalue weighted by atomic mass is 16.3. The molecule has 1 saturated heterocycles. The molecule has 6 atom stereocenters. The van der Waals surface area contributed by atoms with Gasteiger partial charge in [-0.3, -0.25) is 47.9 Å². The molecule has 5 aliphatic rings. The average molecular weight is 1490 g/mol. The van der Waals surface area contributed by atoms with E-state index in [0.29, 0.717) is 50.0 Å². The number of carbonyl (C=O) groups excluding carboxylic acids is 10. The van der Waals surface area contributed by atoms with E-state index in [2.05, 4.69) is 41.7 Å². The van der Waals surface area contributed by atoms with E-state index in [9.17, 15) is 47.9 Å². The summed E-state index contributed by atoms with van der Waals surface area (Å²) in [6.45, 7) is 17.3. The number of Topliss-reactive ketones (excluding diaryl/α,β-unsaturated/α-hetero) is 9. The summed E-state index contributed by atoms with van der Waals surface area (Å²) < 4.78 is 0. The fraction of sp³-hybridized carbons (Fsp3) is 0.477. The summed E-state index contributed by atoms with van der Waals surface area (Å²) in [5, 5.41) is 11.2. The van der Waals surface area contributed by atoms with Crippen LogP contribution in [-0.4, -0.2) is 117 Å². The monoisotopic (exact) mass is 1480 g/mol. The molecule has 1 heterocycles. The number of fused-ring (bicyclic) bond motifs is 1. The lowest BCUT2D eigenvalue weighted by molar-refractivity contribution is -0.123. The largest absolute Gasteiger partial charge is 0.391 e. The van der Waals surface area contributed by atoms with E-state index in [0.717, 1.165) is 124 Å². The minimum absolute atomic E-state index is 0.00444. The first kappa shape index (κ1) is 93.7. The average Bonchev–Trinajstić information content (AvgIpc) is 1.06. The fourth-order valence-corrected chi connectivity index (χ4v) is 12.9. The lowest BCUT2D eigenvalue weighted by atomic mass is 9.76. The third-order valence-electron chi connectivity index (χ3n) is 20.9. The van der Waals surface area contributed by atoms with Crippen molar-refractivity contribution in [1.82, 2.24) is 5.32 Å². The van der Waals surface area contributed by atoms with Crippen LogP contribution in [-0.2, 0) is 69.0 Å². The maximum Gasteiger partial charge on any atom is 0.220 e. The van der Waals surface area contributed by atoms with Crippen molar-refractivity contribution in [3.63, 3.8) is 0 Å². The van der Waals surface area contributed by atoms with Crippen molar-refractivity contribution in [1.29, 1.82) is 0 Å². The van der Waals surface area contributed by atoms with Gasteiger partial charge < -0.3 is 56.3 Å². The minimum atomic E-state index is -0.729. The zero-order chi connectivity index (χ0) is 80.7. The number of hydrogen-bond acceptors (Lipinski definition) is 19. The Bertz CT molecular complexity index is 3720. The number of nitrogens with two attached hydrogens (primary N) is 8. The molecule has 6 aromatic rings. The van der Waals surface area contributed by atoms with E-state index in [-0.39, 0.29) is 64.0 Å². The number of carbonyl (C=O) groups is 10. The molecule has 0 radical (unpaired) electrons. The normalized spacial score (nSPS) is 19.3. The molecule has 1 aliphatic heterocycles. The zero-order valence-electron chi connectivity index (χ0n) is 65.7. The van der Waals surface area contributed by atoms with Crippen LogP contribution in [0.25, 0.3) is 11.1 Å². The van der Waals surface area contributed by atoms with Gasteiger partial charge in [-0.1, -0.05) is 196 Å². The SMILES string of the molecule is CC(=O)C1(N)CCCC1.CC(=O)C1(N)CCCCC1.CC(=O)C1(N)CCc2ccccc2C1.CC(=O)C1CCC(CN)CC1.CC(=O)[C@@H](N)C(c1ccccc1)c1ccccc1.CC(=O)[C@@H](N)Cc1ccc(-c2ccccc2)cc1.CC(=O)[C@@H](N)[C@H](C)O.CC(=O)[C@@H]1CNC(=O)C1.CC(=O)c1ccc(CN)cc1. The molecule has 0 aromatic heterocycles. The van der Waals surface area contributed by atoms with Crippen molar-refractivity contribution >= 4 is 58.0 Å². The summed E-state index contributed by atoms with van der Waals surface area (Å²) in [5.74, 6) is 1.72. The molecule has 0 bridgehead atoms. The number of hydrogen-bond donors (Lipinski definition) is 10. The van der Waals surface area contributed by atoms with Crippen LogP contribution >= 0.6 is 0 Å². The maximum atomic E-state index is 11.6. The molecular weight excluding hydrogens is 1360 g/mol. The van der Waals surface area contributed by atoms with Crippen LogP contribution in [0.1, 0.15) is 215 Å².